The zero-order valence-electron chi connectivity index (χ0n) is 12.9. The molecule has 0 bridgehead atoms. The lowest BCUT2D eigenvalue weighted by Gasteiger charge is -2.35. The average Bonchev–Trinajstić information content (AvgIpc) is 2.27. The Hall–Kier alpha value is -0.810. The van der Waals surface area contributed by atoms with Crippen LogP contribution in [0.2, 0.25) is 0 Å². The molecule has 2 unspecified atom stereocenters. The molecule has 1 aliphatic rings. The van der Waals surface area contributed by atoms with Crippen LogP contribution in [0.25, 0.3) is 0 Å². The number of carbonyl (C=O) groups excluding carboxylic acids is 1. The fourth-order valence-electron chi connectivity index (χ4n) is 2.70. The van der Waals surface area contributed by atoms with Crippen LogP contribution in [0, 0.1) is 0 Å². The Morgan fingerprint density at radius 1 is 1.32 bits per heavy atom. The molecule has 0 saturated heterocycles. The first-order chi connectivity index (χ1) is 8.69. The molecule has 0 aromatic rings. The number of nitrogens with one attached hydrogen (secondary N) is 1. The van der Waals surface area contributed by atoms with Crippen LogP contribution in [0.3, 0.4) is 0 Å². The molecule has 2 atom stereocenters. The average molecular weight is 271 g/mol. The Morgan fingerprint density at radius 2 is 1.95 bits per heavy atom. The van der Waals surface area contributed by atoms with Gasteiger partial charge in [0, 0.05) is 19.1 Å². The van der Waals surface area contributed by atoms with Gasteiger partial charge < -0.3 is 20.2 Å². The number of likely N-dealkylation sites (N-methyl/N-ethyl adjacent to an activating group) is 1. The highest BCUT2D eigenvalue weighted by atomic mass is 16.3. The molecule has 0 aromatic carbocycles. The maximum atomic E-state index is 12.1. The van der Waals surface area contributed by atoms with E-state index in [1.807, 2.05) is 0 Å². The first-order valence-electron chi connectivity index (χ1n) is 7.09. The van der Waals surface area contributed by atoms with Gasteiger partial charge in [-0.3, -0.25) is 0 Å². The van der Waals surface area contributed by atoms with Gasteiger partial charge in [-0.15, -0.1) is 0 Å². The Bertz CT molecular complexity index is 300. The largest absolute Gasteiger partial charge is 0.389 e. The normalized spacial score (nSPS) is 24.4. The Morgan fingerprint density at radius 3 is 2.47 bits per heavy atom. The molecule has 1 saturated carbocycles. The Labute approximate surface area is 117 Å². The summed E-state index contributed by atoms with van der Waals surface area (Å²) in [5.74, 6) is 0. The summed E-state index contributed by atoms with van der Waals surface area (Å²) in [4.78, 5) is 15.8. The molecule has 112 valence electrons. The van der Waals surface area contributed by atoms with Gasteiger partial charge in [-0.2, -0.15) is 0 Å². The molecule has 0 aromatic heterocycles. The Kier molecular flexibility index (Phi) is 5.62. The van der Waals surface area contributed by atoms with Gasteiger partial charge in [-0.1, -0.05) is 0 Å². The number of hydrogen-bond acceptors (Lipinski definition) is 3. The summed E-state index contributed by atoms with van der Waals surface area (Å²) in [5, 5.41) is 12.8. The van der Waals surface area contributed by atoms with Gasteiger partial charge in [0.25, 0.3) is 0 Å². The van der Waals surface area contributed by atoms with Gasteiger partial charge in [0.15, 0.2) is 0 Å². The van der Waals surface area contributed by atoms with Gasteiger partial charge in [0.2, 0.25) is 0 Å². The van der Waals surface area contributed by atoms with Gasteiger partial charge in [0.05, 0.1) is 12.1 Å². The molecule has 0 heterocycles. The highest BCUT2D eigenvalue weighted by Crippen LogP contribution is 2.21. The summed E-state index contributed by atoms with van der Waals surface area (Å²) >= 11 is 0. The number of urea groups is 1. The van der Waals surface area contributed by atoms with Crippen molar-refractivity contribution in [2.45, 2.75) is 57.2 Å². The van der Waals surface area contributed by atoms with Crippen LogP contribution in [0.4, 0.5) is 4.79 Å². The third kappa shape index (κ3) is 5.78. The molecule has 0 aliphatic heterocycles. The van der Waals surface area contributed by atoms with Crippen LogP contribution in [0.15, 0.2) is 0 Å². The van der Waals surface area contributed by atoms with E-state index in [1.165, 1.54) is 6.42 Å². The van der Waals surface area contributed by atoms with E-state index in [0.717, 1.165) is 19.3 Å². The minimum atomic E-state index is -0.856. The fourth-order valence-corrected chi connectivity index (χ4v) is 2.70. The molecular weight excluding hydrogens is 242 g/mol. The quantitative estimate of drug-likeness (QED) is 0.809. The van der Waals surface area contributed by atoms with E-state index in [2.05, 4.69) is 24.3 Å². The summed E-state index contributed by atoms with van der Waals surface area (Å²) < 4.78 is 0. The van der Waals surface area contributed by atoms with Crippen LogP contribution in [0.1, 0.15) is 39.5 Å². The van der Waals surface area contributed by atoms with Crippen molar-refractivity contribution in [3.63, 3.8) is 0 Å². The third-order valence-electron chi connectivity index (χ3n) is 3.68. The summed E-state index contributed by atoms with van der Waals surface area (Å²) in [6, 6.07) is 0.711. The van der Waals surface area contributed by atoms with Crippen LogP contribution in [-0.4, -0.2) is 66.3 Å². The molecule has 5 heteroatoms. The molecular formula is C14H29N3O2. The minimum absolute atomic E-state index is 0.0912. The van der Waals surface area contributed by atoms with E-state index in [9.17, 15) is 9.90 Å². The van der Waals surface area contributed by atoms with Gasteiger partial charge in [-0.25, -0.2) is 4.79 Å². The van der Waals surface area contributed by atoms with Crippen molar-refractivity contribution in [3.05, 3.63) is 0 Å². The maximum absolute atomic E-state index is 12.1. The van der Waals surface area contributed by atoms with Crippen LogP contribution in [-0.2, 0) is 0 Å². The molecule has 0 radical (unpaired) electrons. The van der Waals surface area contributed by atoms with Crippen LogP contribution in [0.5, 0.6) is 0 Å². The lowest BCUT2D eigenvalue weighted by molar-refractivity contribution is 0.0522. The molecule has 2 amide bonds. The minimum Gasteiger partial charge on any atom is -0.389 e. The van der Waals surface area contributed by atoms with E-state index in [4.69, 9.17) is 0 Å². The number of nitrogens with zero attached hydrogens (tertiary/aromatic N) is 2. The lowest BCUT2D eigenvalue weighted by Crippen LogP contribution is -2.50. The number of amides is 2. The van der Waals surface area contributed by atoms with Crippen molar-refractivity contribution in [1.82, 2.24) is 15.1 Å². The summed E-state index contributed by atoms with van der Waals surface area (Å²) in [6.07, 6.45) is 4.42. The van der Waals surface area contributed by atoms with E-state index >= 15 is 0 Å². The number of rotatable bonds is 4. The van der Waals surface area contributed by atoms with Crippen LogP contribution < -0.4 is 5.32 Å². The predicted octanol–water partition coefficient (Wildman–Crippen LogP) is 1.27. The highest BCUT2D eigenvalue weighted by molar-refractivity contribution is 5.74. The predicted molar refractivity (Wildman–Crippen MR) is 77.2 cm³/mol. The molecule has 0 spiro atoms. The van der Waals surface area contributed by atoms with Gasteiger partial charge in [-0.05, 0) is 53.6 Å². The smallest absolute Gasteiger partial charge is 0.317 e. The molecule has 2 N–H and O–H groups in total. The van der Waals surface area contributed by atoms with Crippen molar-refractivity contribution in [1.29, 1.82) is 0 Å². The molecule has 1 fully saturated rings. The summed E-state index contributed by atoms with van der Waals surface area (Å²) in [5.41, 5.74) is -0.856. The summed E-state index contributed by atoms with van der Waals surface area (Å²) in [7, 11) is 5.91. The second kappa shape index (κ2) is 6.57. The standard InChI is InChI=1S/C14H29N3O2/c1-14(2,19)10-17(5)13(18)15-11-7-6-8-12(9-11)16(3)4/h11-12,19H,6-10H2,1-5H3,(H,15,18). The highest BCUT2D eigenvalue weighted by Gasteiger charge is 2.26. The van der Waals surface area contributed by atoms with Crippen molar-refractivity contribution >= 4 is 6.03 Å². The summed E-state index contributed by atoms with van der Waals surface area (Å²) in [6.45, 7) is 3.75. The third-order valence-corrected chi connectivity index (χ3v) is 3.68. The first-order valence-corrected chi connectivity index (χ1v) is 7.09. The number of aliphatic hydroxyl groups is 1. The van der Waals surface area contributed by atoms with E-state index < -0.39 is 5.60 Å². The zero-order chi connectivity index (χ0) is 14.6. The Balaban J connectivity index is 2.43. The molecule has 1 aliphatic carbocycles. The van der Waals surface area contributed by atoms with Crippen molar-refractivity contribution in [2.75, 3.05) is 27.7 Å². The van der Waals surface area contributed by atoms with E-state index in [0.29, 0.717) is 12.6 Å². The van der Waals surface area contributed by atoms with Gasteiger partial charge in [0.1, 0.15) is 0 Å². The number of hydrogen-bond donors (Lipinski definition) is 2. The van der Waals surface area contributed by atoms with Crippen LogP contribution >= 0.6 is 0 Å². The number of carbonyl (C=O) groups is 1. The fraction of sp³-hybridized carbons (Fsp3) is 0.929. The second-order valence-electron chi connectivity index (χ2n) is 6.60. The molecule has 1 rings (SSSR count). The topological polar surface area (TPSA) is 55.8 Å². The van der Waals surface area contributed by atoms with E-state index in [-0.39, 0.29) is 12.1 Å². The molecule has 5 nitrogen and oxygen atoms in total. The first kappa shape index (κ1) is 16.2. The van der Waals surface area contributed by atoms with Gasteiger partial charge >= 0.3 is 6.03 Å². The molecule has 19 heavy (non-hydrogen) atoms. The lowest BCUT2D eigenvalue weighted by atomic mass is 9.90. The zero-order valence-corrected chi connectivity index (χ0v) is 12.9. The maximum Gasteiger partial charge on any atom is 0.317 e. The van der Waals surface area contributed by atoms with E-state index in [1.54, 1.807) is 25.8 Å². The van der Waals surface area contributed by atoms with Crippen molar-refractivity contribution in [2.24, 2.45) is 0 Å². The van der Waals surface area contributed by atoms with Crippen molar-refractivity contribution < 1.29 is 9.90 Å². The second-order valence-corrected chi connectivity index (χ2v) is 6.60. The SMILES string of the molecule is CN(CC(C)(C)O)C(=O)NC1CCCC(N(C)C)C1. The van der Waals surface area contributed by atoms with Crippen molar-refractivity contribution in [3.8, 4) is 0 Å². The monoisotopic (exact) mass is 271 g/mol.